The minimum atomic E-state index is -0.881. The van der Waals surface area contributed by atoms with Crippen molar-refractivity contribution in [1.29, 1.82) is 0 Å². The van der Waals surface area contributed by atoms with Crippen LogP contribution in [0.2, 0.25) is 5.02 Å². The lowest BCUT2D eigenvalue weighted by Crippen LogP contribution is -2.30. The zero-order valence-electron chi connectivity index (χ0n) is 14.9. The van der Waals surface area contributed by atoms with Crippen LogP contribution in [0.15, 0.2) is 36.4 Å². The third-order valence-corrected chi connectivity index (χ3v) is 4.50. The van der Waals surface area contributed by atoms with E-state index < -0.39 is 12.0 Å². The van der Waals surface area contributed by atoms with Crippen LogP contribution in [0.25, 0.3) is 21.8 Å². The molecular formula is C20H21ClN2O3. The average Bonchev–Trinajstić information content (AvgIpc) is 2.59. The highest BCUT2D eigenvalue weighted by molar-refractivity contribution is 6.31. The van der Waals surface area contributed by atoms with Crippen LogP contribution >= 0.6 is 11.6 Å². The highest BCUT2D eigenvalue weighted by Gasteiger charge is 2.21. The lowest BCUT2D eigenvalue weighted by Gasteiger charge is -2.20. The van der Waals surface area contributed by atoms with Gasteiger partial charge in [0.25, 0.3) is 0 Å². The van der Waals surface area contributed by atoms with Gasteiger partial charge in [-0.25, -0.2) is 9.78 Å². The summed E-state index contributed by atoms with van der Waals surface area (Å²) < 4.78 is 5.33. The second kappa shape index (κ2) is 7.38. The Balaban J connectivity index is 2.24. The van der Waals surface area contributed by atoms with E-state index in [4.69, 9.17) is 16.3 Å². The highest BCUT2D eigenvalue weighted by atomic mass is 35.5. The summed E-state index contributed by atoms with van der Waals surface area (Å²) in [6, 6.07) is 10.3. The van der Waals surface area contributed by atoms with E-state index in [0.29, 0.717) is 22.7 Å². The normalized spacial score (nSPS) is 12.5. The van der Waals surface area contributed by atoms with E-state index in [-0.39, 0.29) is 5.92 Å². The summed E-state index contributed by atoms with van der Waals surface area (Å²) in [5, 5.41) is 15.1. The van der Waals surface area contributed by atoms with Gasteiger partial charge in [0.1, 0.15) is 11.8 Å². The molecule has 0 unspecified atom stereocenters. The van der Waals surface area contributed by atoms with Gasteiger partial charge in [0.2, 0.25) is 0 Å². The largest absolute Gasteiger partial charge is 0.497 e. The summed E-state index contributed by atoms with van der Waals surface area (Å²) in [6.45, 7) is 4.01. The van der Waals surface area contributed by atoms with Gasteiger partial charge in [-0.15, -0.1) is 0 Å². The fraction of sp³-hybridized carbons (Fsp3) is 0.300. The fourth-order valence-corrected chi connectivity index (χ4v) is 3.21. The number of aliphatic carboxylic acids is 1. The van der Waals surface area contributed by atoms with Crippen LogP contribution in [-0.2, 0) is 4.79 Å². The summed E-state index contributed by atoms with van der Waals surface area (Å²) in [7, 11) is 1.60. The molecule has 26 heavy (non-hydrogen) atoms. The van der Waals surface area contributed by atoms with E-state index in [2.05, 4.69) is 10.3 Å². The van der Waals surface area contributed by atoms with E-state index in [1.807, 2.05) is 38.1 Å². The van der Waals surface area contributed by atoms with Gasteiger partial charge in [0, 0.05) is 15.8 Å². The molecule has 0 amide bonds. The number of nitrogens with one attached hydrogen (secondary N) is 1. The summed E-state index contributed by atoms with van der Waals surface area (Å²) in [5.74, 6) is 0.0482. The molecule has 5 nitrogen and oxygen atoms in total. The van der Waals surface area contributed by atoms with Gasteiger partial charge >= 0.3 is 5.97 Å². The number of halogens is 1. The number of aromatic nitrogens is 1. The van der Waals surface area contributed by atoms with E-state index in [1.165, 1.54) is 0 Å². The van der Waals surface area contributed by atoms with Crippen molar-refractivity contribution in [3.8, 4) is 5.75 Å². The first-order valence-corrected chi connectivity index (χ1v) is 8.83. The number of ether oxygens (including phenoxy) is 1. The number of benzene rings is 2. The summed E-state index contributed by atoms with van der Waals surface area (Å²) in [5.41, 5.74) is 2.19. The average molecular weight is 373 g/mol. The zero-order valence-corrected chi connectivity index (χ0v) is 15.7. The van der Waals surface area contributed by atoms with Crippen molar-refractivity contribution in [3.05, 3.63) is 41.4 Å². The zero-order chi connectivity index (χ0) is 18.8. The van der Waals surface area contributed by atoms with Crippen molar-refractivity contribution in [2.45, 2.75) is 26.3 Å². The Morgan fingerprint density at radius 1 is 1.19 bits per heavy atom. The molecule has 0 bridgehead atoms. The Morgan fingerprint density at radius 3 is 2.62 bits per heavy atom. The van der Waals surface area contributed by atoms with Crippen LogP contribution in [0.1, 0.15) is 20.3 Å². The summed E-state index contributed by atoms with van der Waals surface area (Å²) in [6.07, 6.45) is 0.512. The molecule has 3 rings (SSSR count). The molecule has 0 aliphatic carbocycles. The van der Waals surface area contributed by atoms with Crippen LogP contribution in [0.3, 0.4) is 0 Å². The van der Waals surface area contributed by atoms with E-state index in [9.17, 15) is 9.90 Å². The Morgan fingerprint density at radius 2 is 1.96 bits per heavy atom. The molecule has 0 aliphatic heterocycles. The van der Waals surface area contributed by atoms with Crippen LogP contribution in [0.5, 0.6) is 5.75 Å². The Hall–Kier alpha value is -2.53. The smallest absolute Gasteiger partial charge is 0.326 e. The third-order valence-electron chi connectivity index (χ3n) is 4.27. The van der Waals surface area contributed by atoms with Crippen molar-refractivity contribution < 1.29 is 14.6 Å². The number of carboxylic acid groups (broad SMARTS) is 1. The highest BCUT2D eigenvalue weighted by Crippen LogP contribution is 2.35. The van der Waals surface area contributed by atoms with Crippen LogP contribution in [0, 0.1) is 5.92 Å². The Bertz CT molecular complexity index is 972. The molecule has 0 saturated carbocycles. The third kappa shape index (κ3) is 3.68. The monoisotopic (exact) mass is 372 g/mol. The van der Waals surface area contributed by atoms with Crippen LogP contribution in [0.4, 0.5) is 5.69 Å². The minimum Gasteiger partial charge on any atom is -0.497 e. The predicted molar refractivity (Wildman–Crippen MR) is 105 cm³/mol. The standard InChI is InChI=1S/C20H21ClN2O3/c1-11(2)8-18(20(24)25)23-19-14-6-4-12(21)9-17(14)22-16-7-5-13(26-3)10-15(16)19/h4-7,9-11,18H,8H2,1-3H3,(H,22,23)(H,24,25)/t18-/m1/s1. The molecule has 0 radical (unpaired) electrons. The maximum Gasteiger partial charge on any atom is 0.326 e. The number of carboxylic acids is 1. The second-order valence-electron chi connectivity index (χ2n) is 6.70. The van der Waals surface area contributed by atoms with Crippen LogP contribution in [-0.4, -0.2) is 29.2 Å². The van der Waals surface area contributed by atoms with Gasteiger partial charge in [-0.2, -0.15) is 0 Å². The first-order chi connectivity index (χ1) is 12.4. The molecule has 0 aliphatic rings. The summed E-state index contributed by atoms with van der Waals surface area (Å²) >= 11 is 6.12. The van der Waals surface area contributed by atoms with Gasteiger partial charge in [-0.05, 0) is 48.7 Å². The molecule has 6 heteroatoms. The van der Waals surface area contributed by atoms with E-state index in [1.54, 1.807) is 19.2 Å². The number of rotatable bonds is 6. The fourth-order valence-electron chi connectivity index (χ4n) is 3.05. The topological polar surface area (TPSA) is 71.5 Å². The molecule has 3 aromatic rings. The molecule has 0 spiro atoms. The van der Waals surface area contributed by atoms with Crippen LogP contribution < -0.4 is 10.1 Å². The first kappa shape index (κ1) is 18.3. The number of fused-ring (bicyclic) bond motifs is 2. The molecule has 136 valence electrons. The van der Waals surface area contributed by atoms with Gasteiger partial charge in [-0.1, -0.05) is 25.4 Å². The summed E-state index contributed by atoms with van der Waals surface area (Å²) in [4.78, 5) is 16.4. The van der Waals surface area contributed by atoms with E-state index >= 15 is 0 Å². The number of anilines is 1. The molecule has 1 heterocycles. The Kier molecular flexibility index (Phi) is 5.18. The number of pyridine rings is 1. The van der Waals surface area contributed by atoms with Crippen molar-refractivity contribution in [3.63, 3.8) is 0 Å². The molecular weight excluding hydrogens is 352 g/mol. The van der Waals surface area contributed by atoms with Gasteiger partial charge in [0.15, 0.2) is 0 Å². The van der Waals surface area contributed by atoms with E-state index in [0.717, 1.165) is 22.0 Å². The predicted octanol–water partition coefficient (Wildman–Crippen LogP) is 4.96. The molecule has 0 fully saturated rings. The lowest BCUT2D eigenvalue weighted by molar-refractivity contribution is -0.138. The van der Waals surface area contributed by atoms with Crippen molar-refractivity contribution in [2.75, 3.05) is 12.4 Å². The Labute approximate surface area is 156 Å². The molecule has 1 aromatic heterocycles. The van der Waals surface area contributed by atoms with Crippen molar-refractivity contribution in [2.24, 2.45) is 5.92 Å². The first-order valence-electron chi connectivity index (χ1n) is 8.45. The SMILES string of the molecule is COc1ccc2nc3cc(Cl)ccc3c(N[C@H](CC(C)C)C(=O)O)c2c1. The number of carbonyl (C=O) groups is 1. The van der Waals surface area contributed by atoms with Gasteiger partial charge in [-0.3, -0.25) is 0 Å². The quantitative estimate of drug-likeness (QED) is 0.598. The minimum absolute atomic E-state index is 0.243. The lowest BCUT2D eigenvalue weighted by atomic mass is 10.0. The number of hydrogen-bond donors (Lipinski definition) is 2. The maximum atomic E-state index is 11.8. The maximum absolute atomic E-state index is 11.8. The van der Waals surface area contributed by atoms with Gasteiger partial charge in [0.05, 0.1) is 23.8 Å². The van der Waals surface area contributed by atoms with Gasteiger partial charge < -0.3 is 15.2 Å². The number of nitrogens with zero attached hydrogens (tertiary/aromatic N) is 1. The second-order valence-corrected chi connectivity index (χ2v) is 7.13. The molecule has 2 aromatic carbocycles. The number of methoxy groups -OCH3 is 1. The molecule has 2 N–H and O–H groups in total. The molecule has 1 atom stereocenters. The number of hydrogen-bond acceptors (Lipinski definition) is 4. The molecule has 0 saturated heterocycles. The van der Waals surface area contributed by atoms with Crippen molar-refractivity contribution in [1.82, 2.24) is 4.98 Å². The van der Waals surface area contributed by atoms with Crippen molar-refractivity contribution >= 4 is 45.1 Å².